The van der Waals surface area contributed by atoms with Gasteiger partial charge in [0, 0.05) is 11.8 Å². The van der Waals surface area contributed by atoms with Crippen LogP contribution in [0.4, 0.5) is 0 Å². The monoisotopic (exact) mass is 103 g/mol. The molecule has 0 N–H and O–H groups in total. The lowest BCUT2D eigenvalue weighted by Gasteiger charge is -2.29. The molecule has 1 rings (SSSR count). The molecule has 36 valence electrons. The average molecular weight is 103 g/mol. The summed E-state index contributed by atoms with van der Waals surface area (Å²) in [7, 11) is 2.62. The van der Waals surface area contributed by atoms with E-state index in [0.717, 1.165) is 0 Å². The summed E-state index contributed by atoms with van der Waals surface area (Å²) in [5.41, 5.74) is 0. The Morgan fingerprint density at radius 1 is 1.67 bits per heavy atom. The Labute approximate surface area is 40.9 Å². The second-order valence-corrected chi connectivity index (χ2v) is 3.47. The van der Waals surface area contributed by atoms with Crippen molar-refractivity contribution < 1.29 is 0 Å². The van der Waals surface area contributed by atoms with Crippen molar-refractivity contribution >= 4 is 16.4 Å². The van der Waals surface area contributed by atoms with Crippen LogP contribution in [0.1, 0.15) is 0 Å². The van der Waals surface area contributed by atoms with Crippen LogP contribution in [0.2, 0.25) is 0 Å². The SMILES string of the molecule is C=S1CN(C)C1. The third-order valence-electron chi connectivity index (χ3n) is 0.806. The fourth-order valence-corrected chi connectivity index (χ4v) is 1.76. The van der Waals surface area contributed by atoms with Crippen molar-refractivity contribution in [2.75, 3.05) is 18.8 Å². The van der Waals surface area contributed by atoms with Gasteiger partial charge in [0.05, 0.1) is 0 Å². The van der Waals surface area contributed by atoms with Crippen LogP contribution in [0.5, 0.6) is 0 Å². The molecule has 0 atom stereocenters. The summed E-state index contributed by atoms with van der Waals surface area (Å²) >= 11 is 0. The summed E-state index contributed by atoms with van der Waals surface area (Å²) in [6.07, 6.45) is 0. The van der Waals surface area contributed by atoms with Crippen molar-refractivity contribution in [3.8, 4) is 0 Å². The highest BCUT2D eigenvalue weighted by molar-refractivity contribution is 8.15. The molecule has 0 aromatic heterocycles. The summed E-state index contributed by atoms with van der Waals surface area (Å²) in [4.78, 5) is 2.27. The highest BCUT2D eigenvalue weighted by Gasteiger charge is 2.09. The fraction of sp³-hybridized carbons (Fsp3) is 0.750. The minimum Gasteiger partial charge on any atom is -0.289 e. The molecule has 1 heterocycles. The molecule has 0 amide bonds. The number of hydrogen-bond acceptors (Lipinski definition) is 1. The first kappa shape index (κ1) is 4.34. The van der Waals surface area contributed by atoms with E-state index in [1.54, 1.807) is 0 Å². The number of nitrogens with zero attached hydrogens (tertiary/aromatic N) is 1. The van der Waals surface area contributed by atoms with Gasteiger partial charge >= 0.3 is 0 Å². The molecule has 1 fully saturated rings. The molecule has 0 radical (unpaired) electrons. The predicted molar refractivity (Wildman–Crippen MR) is 32.2 cm³/mol. The van der Waals surface area contributed by atoms with Crippen molar-refractivity contribution in [3.63, 3.8) is 0 Å². The average Bonchev–Trinajstić information content (AvgIpc) is 1.33. The van der Waals surface area contributed by atoms with Crippen LogP contribution in [0, 0.1) is 0 Å². The van der Waals surface area contributed by atoms with E-state index in [1.165, 1.54) is 11.8 Å². The maximum Gasteiger partial charge on any atom is 0.0407 e. The molecular weight excluding hydrogens is 94.1 g/mol. The Kier molecular flexibility index (Phi) is 0.979. The quantitative estimate of drug-likeness (QED) is 0.405. The minimum absolute atomic E-state index is 0.504. The van der Waals surface area contributed by atoms with Gasteiger partial charge in [-0.15, -0.1) is 0 Å². The zero-order valence-electron chi connectivity index (χ0n) is 3.98. The Morgan fingerprint density at radius 2 is 2.17 bits per heavy atom. The molecule has 2 heteroatoms. The van der Waals surface area contributed by atoms with E-state index < -0.39 is 0 Å². The highest BCUT2D eigenvalue weighted by Crippen LogP contribution is 2.21. The van der Waals surface area contributed by atoms with Crippen LogP contribution >= 0.6 is 10.5 Å². The van der Waals surface area contributed by atoms with Gasteiger partial charge < -0.3 is 0 Å². The lowest BCUT2D eigenvalue weighted by molar-refractivity contribution is 0.430. The third-order valence-corrected chi connectivity index (χ3v) is 2.42. The van der Waals surface area contributed by atoms with Crippen molar-refractivity contribution in [2.24, 2.45) is 0 Å². The van der Waals surface area contributed by atoms with E-state index in [0.29, 0.717) is 10.5 Å². The molecule has 1 aliphatic rings. The van der Waals surface area contributed by atoms with Crippen molar-refractivity contribution in [3.05, 3.63) is 0 Å². The Bertz CT molecular complexity index is 71.6. The Balaban J connectivity index is 2.28. The zero-order valence-corrected chi connectivity index (χ0v) is 4.79. The molecule has 0 spiro atoms. The van der Waals surface area contributed by atoms with Crippen LogP contribution in [0.3, 0.4) is 0 Å². The van der Waals surface area contributed by atoms with Crippen molar-refractivity contribution in [1.29, 1.82) is 0 Å². The number of rotatable bonds is 0. The molecule has 0 aliphatic carbocycles. The summed E-state index contributed by atoms with van der Waals surface area (Å²) in [6, 6.07) is 0. The molecule has 0 unspecified atom stereocenters. The lowest BCUT2D eigenvalue weighted by Crippen LogP contribution is -2.29. The first-order chi connectivity index (χ1) is 2.79. The summed E-state index contributed by atoms with van der Waals surface area (Å²) < 4.78 is 0. The molecular formula is C4H9NS. The van der Waals surface area contributed by atoms with Crippen molar-refractivity contribution in [1.82, 2.24) is 4.90 Å². The van der Waals surface area contributed by atoms with Gasteiger partial charge in [0.15, 0.2) is 0 Å². The topological polar surface area (TPSA) is 3.24 Å². The normalized spacial score (nSPS) is 26.8. The van der Waals surface area contributed by atoms with Crippen LogP contribution < -0.4 is 0 Å². The smallest absolute Gasteiger partial charge is 0.0407 e. The second kappa shape index (κ2) is 1.35. The van der Waals surface area contributed by atoms with Crippen LogP contribution in [0.25, 0.3) is 0 Å². The Hall–Kier alpha value is 0.180. The maximum atomic E-state index is 3.88. The summed E-state index contributed by atoms with van der Waals surface area (Å²) in [6.45, 7) is 0. The van der Waals surface area contributed by atoms with E-state index in [9.17, 15) is 0 Å². The van der Waals surface area contributed by atoms with Gasteiger partial charge in [-0.05, 0) is 7.05 Å². The first-order valence-electron chi connectivity index (χ1n) is 1.95. The molecule has 0 aromatic rings. The van der Waals surface area contributed by atoms with Gasteiger partial charge in [0.25, 0.3) is 0 Å². The van der Waals surface area contributed by atoms with Gasteiger partial charge in [0.1, 0.15) is 0 Å². The summed E-state index contributed by atoms with van der Waals surface area (Å²) in [5, 5.41) is 0. The zero-order chi connectivity index (χ0) is 4.57. The van der Waals surface area contributed by atoms with E-state index in [2.05, 4.69) is 17.8 Å². The van der Waals surface area contributed by atoms with Gasteiger partial charge in [-0.25, -0.2) is 0 Å². The fourth-order valence-electron chi connectivity index (χ4n) is 0.586. The second-order valence-electron chi connectivity index (χ2n) is 1.73. The van der Waals surface area contributed by atoms with Crippen LogP contribution in [-0.2, 0) is 0 Å². The van der Waals surface area contributed by atoms with E-state index >= 15 is 0 Å². The maximum absolute atomic E-state index is 3.88. The van der Waals surface area contributed by atoms with E-state index in [4.69, 9.17) is 0 Å². The Morgan fingerprint density at radius 3 is 2.17 bits per heavy atom. The first-order valence-corrected chi connectivity index (χ1v) is 3.68. The highest BCUT2D eigenvalue weighted by atomic mass is 32.2. The molecule has 0 bridgehead atoms. The standard InChI is InChI=1S/C4H9NS/c1-5-3-6(2)4-5/h2-4H2,1H3. The lowest BCUT2D eigenvalue weighted by atomic mass is 11.0. The predicted octanol–water partition coefficient (Wildman–Crippen LogP) is 0.548. The van der Waals surface area contributed by atoms with Gasteiger partial charge in [-0.3, -0.25) is 4.90 Å². The van der Waals surface area contributed by atoms with Crippen LogP contribution in [0.15, 0.2) is 0 Å². The van der Waals surface area contributed by atoms with Gasteiger partial charge in [-0.2, -0.15) is 10.5 Å². The summed E-state index contributed by atoms with van der Waals surface area (Å²) in [5.74, 6) is 6.32. The molecule has 1 nitrogen and oxygen atoms in total. The largest absolute Gasteiger partial charge is 0.289 e. The molecule has 1 aliphatic heterocycles. The molecule has 0 saturated carbocycles. The van der Waals surface area contributed by atoms with Crippen LogP contribution in [-0.4, -0.2) is 29.6 Å². The molecule has 0 aromatic carbocycles. The van der Waals surface area contributed by atoms with E-state index in [1.807, 2.05) is 0 Å². The molecule has 6 heavy (non-hydrogen) atoms. The van der Waals surface area contributed by atoms with E-state index in [-0.39, 0.29) is 0 Å². The molecule has 1 saturated heterocycles. The van der Waals surface area contributed by atoms with Crippen molar-refractivity contribution in [2.45, 2.75) is 0 Å². The van der Waals surface area contributed by atoms with Gasteiger partial charge in [-0.1, -0.05) is 5.87 Å². The van der Waals surface area contributed by atoms with Gasteiger partial charge in [0.2, 0.25) is 0 Å². The number of hydrogen-bond donors (Lipinski definition) is 0. The minimum atomic E-state index is 0.504. The third kappa shape index (κ3) is 0.632.